The minimum atomic E-state index is -3.52. The maximum absolute atomic E-state index is 12.0. The fourth-order valence-electron chi connectivity index (χ4n) is 2.20. The van der Waals surface area contributed by atoms with Crippen molar-refractivity contribution in [1.82, 2.24) is 5.32 Å². The van der Waals surface area contributed by atoms with Crippen LogP contribution in [0.3, 0.4) is 0 Å². The molecule has 1 aromatic rings. The third-order valence-corrected chi connectivity index (χ3v) is 4.82. The van der Waals surface area contributed by atoms with E-state index < -0.39 is 10.0 Å². The van der Waals surface area contributed by atoms with Gasteiger partial charge in [-0.25, -0.2) is 8.42 Å². The number of carbonyl (C=O) groups is 1. The molecule has 1 aliphatic rings. The minimum Gasteiger partial charge on any atom is -0.350 e. The largest absolute Gasteiger partial charge is 0.350 e. The molecule has 0 heterocycles. The first-order chi connectivity index (χ1) is 9.77. The molecular weight excluding hydrogens is 290 g/mol. The maximum atomic E-state index is 12.0. The van der Waals surface area contributed by atoms with Gasteiger partial charge in [0.05, 0.1) is 11.9 Å². The molecule has 21 heavy (non-hydrogen) atoms. The fraction of sp³-hybridized carbons (Fsp3) is 0.500. The lowest BCUT2D eigenvalue weighted by Gasteiger charge is -2.34. The van der Waals surface area contributed by atoms with Gasteiger partial charge in [0.15, 0.2) is 0 Å². The lowest BCUT2D eigenvalue weighted by Crippen LogP contribution is -2.56. The van der Waals surface area contributed by atoms with Gasteiger partial charge in [0, 0.05) is 12.1 Å². The molecule has 1 saturated carbocycles. The molecule has 6 nitrogen and oxygen atoms in total. The number of hydrogen-bond donors (Lipinski definition) is 2. The van der Waals surface area contributed by atoms with Gasteiger partial charge >= 0.3 is 0 Å². The lowest BCUT2D eigenvalue weighted by atomic mass is 9.87. The molecule has 0 unspecified atom stereocenters. The number of nitrogens with two attached hydrogens (primary N) is 1. The topological polar surface area (TPSA) is 92.5 Å². The summed E-state index contributed by atoms with van der Waals surface area (Å²) in [6, 6.07) is 6.94. The summed E-state index contributed by atoms with van der Waals surface area (Å²) in [5, 5.41) is 2.78. The number of benzene rings is 1. The van der Waals surface area contributed by atoms with E-state index in [1.54, 1.807) is 12.1 Å². The number of sulfonamides is 1. The van der Waals surface area contributed by atoms with Gasteiger partial charge < -0.3 is 11.1 Å². The van der Waals surface area contributed by atoms with Crippen LogP contribution in [0.15, 0.2) is 24.3 Å². The number of hydrogen-bond acceptors (Lipinski definition) is 4. The van der Waals surface area contributed by atoms with E-state index in [0.717, 1.165) is 29.0 Å². The van der Waals surface area contributed by atoms with Crippen LogP contribution in [0.25, 0.3) is 0 Å². The molecule has 1 aliphatic carbocycles. The highest BCUT2D eigenvalue weighted by molar-refractivity contribution is 7.92. The second-order valence-corrected chi connectivity index (χ2v) is 7.43. The Morgan fingerprint density at radius 3 is 2.38 bits per heavy atom. The van der Waals surface area contributed by atoms with Crippen molar-refractivity contribution in [2.75, 3.05) is 17.1 Å². The van der Waals surface area contributed by atoms with Crippen LogP contribution < -0.4 is 15.4 Å². The van der Waals surface area contributed by atoms with Gasteiger partial charge in [-0.2, -0.15) is 0 Å². The Morgan fingerprint density at radius 2 is 1.95 bits per heavy atom. The van der Waals surface area contributed by atoms with Gasteiger partial charge in [-0.3, -0.25) is 9.10 Å². The van der Waals surface area contributed by atoms with Crippen LogP contribution in [-0.2, 0) is 14.8 Å². The Bertz CT molecular complexity index is 613. The number of nitrogens with zero attached hydrogens (tertiary/aromatic N) is 1. The third-order valence-electron chi connectivity index (χ3n) is 3.68. The molecule has 116 valence electrons. The van der Waals surface area contributed by atoms with Gasteiger partial charge in [0.2, 0.25) is 15.9 Å². The first-order valence-corrected chi connectivity index (χ1v) is 8.71. The Hall–Kier alpha value is -1.60. The molecule has 0 bridgehead atoms. The molecular formula is C14H21N3O3S. The first-order valence-electron chi connectivity index (χ1n) is 6.86. The highest BCUT2D eigenvalue weighted by Gasteiger charge is 2.30. The van der Waals surface area contributed by atoms with E-state index in [-0.39, 0.29) is 24.5 Å². The number of rotatable bonds is 5. The Morgan fingerprint density at radius 1 is 1.33 bits per heavy atom. The minimum absolute atomic E-state index is 0.0278. The Labute approximate surface area is 125 Å². The van der Waals surface area contributed by atoms with Crippen molar-refractivity contribution in [2.45, 2.75) is 31.8 Å². The van der Waals surface area contributed by atoms with Crippen molar-refractivity contribution >= 4 is 21.6 Å². The fourth-order valence-corrected chi connectivity index (χ4v) is 3.06. The van der Waals surface area contributed by atoms with Crippen LogP contribution in [-0.4, -0.2) is 39.2 Å². The number of anilines is 1. The van der Waals surface area contributed by atoms with E-state index in [9.17, 15) is 13.2 Å². The highest BCUT2D eigenvalue weighted by atomic mass is 32.2. The van der Waals surface area contributed by atoms with E-state index in [1.807, 2.05) is 19.1 Å². The molecule has 2 rings (SSSR count). The van der Waals surface area contributed by atoms with Gasteiger partial charge in [0.1, 0.15) is 6.54 Å². The number of carbonyl (C=O) groups excluding carboxylic acids is 1. The smallest absolute Gasteiger partial charge is 0.241 e. The second-order valence-electron chi connectivity index (χ2n) is 5.52. The van der Waals surface area contributed by atoms with Crippen LogP contribution in [0, 0.1) is 6.92 Å². The van der Waals surface area contributed by atoms with Gasteiger partial charge in [-0.05, 0) is 31.9 Å². The monoisotopic (exact) mass is 311 g/mol. The van der Waals surface area contributed by atoms with Crippen LogP contribution in [0.1, 0.15) is 18.4 Å². The summed E-state index contributed by atoms with van der Waals surface area (Å²) in [6.07, 6.45) is 2.82. The maximum Gasteiger partial charge on any atom is 0.241 e. The summed E-state index contributed by atoms with van der Waals surface area (Å²) < 4.78 is 24.9. The Kier molecular flexibility index (Phi) is 4.53. The molecule has 7 heteroatoms. The van der Waals surface area contributed by atoms with E-state index in [1.165, 1.54) is 0 Å². The predicted octanol–water partition coefficient (Wildman–Crippen LogP) is 0.367. The predicted molar refractivity (Wildman–Crippen MR) is 82.5 cm³/mol. The molecule has 2 atom stereocenters. The molecule has 0 radical (unpaired) electrons. The van der Waals surface area contributed by atoms with Crippen molar-refractivity contribution in [3.05, 3.63) is 29.8 Å². The highest BCUT2D eigenvalue weighted by Crippen LogP contribution is 2.19. The van der Waals surface area contributed by atoms with Gasteiger partial charge in [-0.15, -0.1) is 0 Å². The Balaban J connectivity index is 2.10. The molecule has 0 aliphatic heterocycles. The summed E-state index contributed by atoms with van der Waals surface area (Å²) in [5.41, 5.74) is 7.28. The molecule has 1 fully saturated rings. The second kappa shape index (κ2) is 6.03. The average Bonchev–Trinajstić information content (AvgIpc) is 2.40. The third kappa shape index (κ3) is 3.95. The molecule has 0 spiro atoms. The molecule has 1 amide bonds. The van der Waals surface area contributed by atoms with Gasteiger partial charge in [-0.1, -0.05) is 17.7 Å². The van der Waals surface area contributed by atoms with Crippen LogP contribution in [0.2, 0.25) is 0 Å². The van der Waals surface area contributed by atoms with E-state index in [2.05, 4.69) is 5.32 Å². The quantitative estimate of drug-likeness (QED) is 0.821. The SMILES string of the molecule is Cc1ccc(N(CC(=O)N[C@H]2CC[C@H]2N)S(C)(=O)=O)cc1. The number of aryl methyl sites for hydroxylation is 1. The van der Waals surface area contributed by atoms with Crippen molar-refractivity contribution in [1.29, 1.82) is 0 Å². The first kappa shape index (κ1) is 15.8. The van der Waals surface area contributed by atoms with Gasteiger partial charge in [0.25, 0.3) is 0 Å². The van der Waals surface area contributed by atoms with Crippen molar-refractivity contribution in [2.24, 2.45) is 5.73 Å². The number of nitrogens with one attached hydrogen (secondary N) is 1. The van der Waals surface area contributed by atoms with E-state index in [0.29, 0.717) is 5.69 Å². The van der Waals surface area contributed by atoms with Crippen molar-refractivity contribution in [3.8, 4) is 0 Å². The zero-order valence-corrected chi connectivity index (χ0v) is 13.1. The van der Waals surface area contributed by atoms with E-state index >= 15 is 0 Å². The molecule has 0 saturated heterocycles. The summed E-state index contributed by atoms with van der Waals surface area (Å²) in [6.45, 7) is 1.68. The van der Waals surface area contributed by atoms with Crippen LogP contribution in [0.4, 0.5) is 5.69 Å². The molecule has 3 N–H and O–H groups in total. The van der Waals surface area contributed by atoms with E-state index in [4.69, 9.17) is 5.73 Å². The van der Waals surface area contributed by atoms with Crippen LogP contribution in [0.5, 0.6) is 0 Å². The zero-order chi connectivity index (χ0) is 15.6. The normalized spacial score (nSPS) is 21.5. The molecule has 0 aromatic heterocycles. The van der Waals surface area contributed by atoms with Crippen molar-refractivity contribution in [3.63, 3.8) is 0 Å². The summed E-state index contributed by atoms with van der Waals surface area (Å²) in [5.74, 6) is -0.332. The molecule has 1 aromatic carbocycles. The summed E-state index contributed by atoms with van der Waals surface area (Å²) in [7, 11) is -3.52. The zero-order valence-electron chi connectivity index (χ0n) is 12.2. The summed E-state index contributed by atoms with van der Waals surface area (Å²) >= 11 is 0. The lowest BCUT2D eigenvalue weighted by molar-refractivity contribution is -0.121. The van der Waals surface area contributed by atoms with Crippen molar-refractivity contribution < 1.29 is 13.2 Å². The standard InChI is InChI=1S/C14H21N3O3S/c1-10-3-5-11(6-4-10)17(21(2,19)20)9-14(18)16-13-8-7-12(13)15/h3-6,12-13H,7-9,15H2,1-2H3,(H,16,18)/t12-,13+/m1/s1. The summed E-state index contributed by atoms with van der Waals surface area (Å²) in [4.78, 5) is 12.0. The average molecular weight is 311 g/mol. The number of amides is 1. The van der Waals surface area contributed by atoms with Crippen LogP contribution >= 0.6 is 0 Å².